The van der Waals surface area contributed by atoms with Gasteiger partial charge in [0.05, 0.1) is 22.2 Å². The number of aryl methyl sites for hydroxylation is 1. The summed E-state index contributed by atoms with van der Waals surface area (Å²) >= 11 is 2.60. The van der Waals surface area contributed by atoms with Crippen LogP contribution in [-0.2, 0) is 24.2 Å². The van der Waals surface area contributed by atoms with Gasteiger partial charge in [0, 0.05) is 11.4 Å². The Hall–Kier alpha value is -2.91. The maximum absolute atomic E-state index is 12.8. The van der Waals surface area contributed by atoms with Gasteiger partial charge in [-0.25, -0.2) is 4.98 Å². The molecule has 0 atom stereocenters. The molecular formula is C22H22N4O3S2. The number of anilines is 1. The van der Waals surface area contributed by atoms with E-state index in [1.54, 1.807) is 24.3 Å². The second kappa shape index (κ2) is 9.07. The number of hydrogen-bond donors (Lipinski definition) is 2. The molecule has 0 spiro atoms. The normalized spacial score (nSPS) is 13.0. The van der Waals surface area contributed by atoms with Gasteiger partial charge in [0.15, 0.2) is 5.16 Å². The van der Waals surface area contributed by atoms with Crippen LogP contribution < -0.4 is 16.6 Å². The maximum Gasteiger partial charge on any atom is 0.262 e. The number of primary amides is 1. The standard InChI is InChI=1S/C22H22N4O3S2/c1-2-11-26-21(29)13-7-3-5-9-15(13)24-22(26)30-12-17(27)25-20-18(19(23)28)14-8-4-6-10-16(14)31-20/h2-3,5,7,9H,1,4,6,8,10-12H2,(H2,23,28)(H,25,27). The Balaban J connectivity index is 1.56. The highest BCUT2D eigenvalue weighted by molar-refractivity contribution is 7.99. The smallest absolute Gasteiger partial charge is 0.262 e. The minimum atomic E-state index is -0.515. The van der Waals surface area contributed by atoms with E-state index < -0.39 is 5.91 Å². The zero-order valence-electron chi connectivity index (χ0n) is 16.8. The van der Waals surface area contributed by atoms with Crippen LogP contribution in [0.3, 0.4) is 0 Å². The molecule has 1 aliphatic carbocycles. The number of carbonyl (C=O) groups excluding carboxylic acids is 2. The predicted octanol–water partition coefficient (Wildman–Crippen LogP) is 3.35. The van der Waals surface area contributed by atoms with E-state index in [0.29, 0.717) is 33.2 Å². The van der Waals surface area contributed by atoms with Gasteiger partial charge >= 0.3 is 0 Å². The SMILES string of the molecule is C=CCn1c(SCC(=O)Nc2sc3c(c2C(N)=O)CCCC3)nc2ccccc2c1=O. The van der Waals surface area contributed by atoms with Crippen LogP contribution >= 0.6 is 23.1 Å². The van der Waals surface area contributed by atoms with Gasteiger partial charge in [-0.1, -0.05) is 30.0 Å². The highest BCUT2D eigenvalue weighted by Crippen LogP contribution is 2.38. The summed E-state index contributed by atoms with van der Waals surface area (Å²) in [5.74, 6) is -0.750. The van der Waals surface area contributed by atoms with E-state index in [1.807, 2.05) is 6.07 Å². The molecule has 0 fully saturated rings. The van der Waals surface area contributed by atoms with Crippen molar-refractivity contribution in [3.05, 3.63) is 63.3 Å². The summed E-state index contributed by atoms with van der Waals surface area (Å²) in [6, 6.07) is 7.11. The number of rotatable bonds is 7. The highest BCUT2D eigenvalue weighted by Gasteiger charge is 2.25. The third-order valence-electron chi connectivity index (χ3n) is 5.14. The molecule has 1 aromatic carbocycles. The van der Waals surface area contributed by atoms with Gasteiger partial charge in [0.1, 0.15) is 5.00 Å². The number of hydrogen-bond acceptors (Lipinski definition) is 6. The van der Waals surface area contributed by atoms with Gasteiger partial charge in [0.2, 0.25) is 5.91 Å². The molecule has 2 amide bonds. The van der Waals surface area contributed by atoms with Crippen molar-refractivity contribution in [2.45, 2.75) is 37.4 Å². The number of carbonyl (C=O) groups is 2. The molecule has 0 saturated carbocycles. The molecule has 0 bridgehead atoms. The zero-order chi connectivity index (χ0) is 22.0. The lowest BCUT2D eigenvalue weighted by atomic mass is 9.95. The number of nitrogens with one attached hydrogen (secondary N) is 1. The number of fused-ring (bicyclic) bond motifs is 2. The van der Waals surface area contributed by atoms with Crippen molar-refractivity contribution in [1.82, 2.24) is 9.55 Å². The predicted molar refractivity (Wildman–Crippen MR) is 125 cm³/mol. The Morgan fingerprint density at radius 1 is 1.29 bits per heavy atom. The van der Waals surface area contributed by atoms with E-state index in [1.165, 1.54) is 27.7 Å². The number of nitrogens with zero attached hydrogens (tertiary/aromatic N) is 2. The molecule has 2 aromatic heterocycles. The van der Waals surface area contributed by atoms with Crippen LogP contribution in [-0.4, -0.2) is 27.1 Å². The molecule has 31 heavy (non-hydrogen) atoms. The quantitative estimate of drug-likeness (QED) is 0.323. The molecule has 4 rings (SSSR count). The van der Waals surface area contributed by atoms with Crippen LogP contribution in [0.25, 0.3) is 10.9 Å². The first-order chi connectivity index (χ1) is 15.0. The van der Waals surface area contributed by atoms with Gasteiger partial charge < -0.3 is 11.1 Å². The van der Waals surface area contributed by atoms with E-state index >= 15 is 0 Å². The number of benzene rings is 1. The highest BCUT2D eigenvalue weighted by atomic mass is 32.2. The number of para-hydroxylation sites is 1. The molecule has 3 aromatic rings. The second-order valence-corrected chi connectivity index (χ2v) is 9.28. The molecule has 0 radical (unpaired) electrons. The summed E-state index contributed by atoms with van der Waals surface area (Å²) < 4.78 is 1.51. The van der Waals surface area contributed by atoms with Crippen LogP contribution in [0.1, 0.15) is 33.6 Å². The van der Waals surface area contributed by atoms with Gasteiger partial charge in [0.25, 0.3) is 11.5 Å². The van der Waals surface area contributed by atoms with Crippen molar-refractivity contribution in [2.24, 2.45) is 5.73 Å². The lowest BCUT2D eigenvalue weighted by molar-refractivity contribution is -0.113. The molecule has 7 nitrogen and oxygen atoms in total. The number of allylic oxidation sites excluding steroid dienone is 1. The van der Waals surface area contributed by atoms with Crippen LogP contribution in [0.4, 0.5) is 5.00 Å². The number of nitrogens with two attached hydrogens (primary N) is 1. The summed E-state index contributed by atoms with van der Waals surface area (Å²) in [4.78, 5) is 43.2. The van der Waals surface area contributed by atoms with Crippen LogP contribution in [0.2, 0.25) is 0 Å². The zero-order valence-corrected chi connectivity index (χ0v) is 18.5. The number of amides is 2. The average molecular weight is 455 g/mol. The molecule has 1 aliphatic rings. The summed E-state index contributed by atoms with van der Waals surface area (Å²) in [5, 5.41) is 4.32. The molecule has 3 N–H and O–H groups in total. The lowest BCUT2D eigenvalue weighted by Gasteiger charge is -2.12. The Morgan fingerprint density at radius 2 is 2.06 bits per heavy atom. The van der Waals surface area contributed by atoms with E-state index in [9.17, 15) is 14.4 Å². The molecule has 2 heterocycles. The first-order valence-electron chi connectivity index (χ1n) is 9.97. The molecule has 0 aliphatic heterocycles. The fourth-order valence-corrected chi connectivity index (χ4v) is 5.87. The molecule has 9 heteroatoms. The summed E-state index contributed by atoms with van der Waals surface area (Å²) in [7, 11) is 0. The first-order valence-corrected chi connectivity index (χ1v) is 11.8. The van der Waals surface area contributed by atoms with E-state index in [4.69, 9.17) is 5.73 Å². The van der Waals surface area contributed by atoms with Crippen LogP contribution in [0.15, 0.2) is 46.9 Å². The largest absolute Gasteiger partial charge is 0.365 e. The molecule has 160 valence electrons. The van der Waals surface area contributed by atoms with Crippen molar-refractivity contribution < 1.29 is 9.59 Å². The summed E-state index contributed by atoms with van der Waals surface area (Å²) in [5.41, 5.74) is 7.42. The summed E-state index contributed by atoms with van der Waals surface area (Å²) in [6.07, 6.45) is 5.42. The fourth-order valence-electron chi connectivity index (χ4n) is 3.76. The van der Waals surface area contributed by atoms with Crippen molar-refractivity contribution in [2.75, 3.05) is 11.1 Å². The topological polar surface area (TPSA) is 107 Å². The van der Waals surface area contributed by atoms with E-state index in [-0.39, 0.29) is 17.2 Å². The molecule has 0 unspecified atom stereocenters. The number of thioether (sulfide) groups is 1. The Kier molecular flexibility index (Phi) is 6.24. The van der Waals surface area contributed by atoms with Crippen molar-refractivity contribution >= 4 is 50.8 Å². The molecular weight excluding hydrogens is 432 g/mol. The van der Waals surface area contributed by atoms with Crippen molar-refractivity contribution in [1.29, 1.82) is 0 Å². The van der Waals surface area contributed by atoms with E-state index in [0.717, 1.165) is 36.1 Å². The Labute approximate surface area is 187 Å². The molecule has 0 saturated heterocycles. The van der Waals surface area contributed by atoms with Crippen LogP contribution in [0.5, 0.6) is 0 Å². The maximum atomic E-state index is 12.8. The monoisotopic (exact) mass is 454 g/mol. The average Bonchev–Trinajstić information content (AvgIpc) is 3.12. The number of aromatic nitrogens is 2. The van der Waals surface area contributed by atoms with Crippen molar-refractivity contribution in [3.8, 4) is 0 Å². The number of thiophene rings is 1. The van der Waals surface area contributed by atoms with Gasteiger partial charge in [-0.15, -0.1) is 17.9 Å². The third kappa shape index (κ3) is 4.28. The van der Waals surface area contributed by atoms with Crippen LogP contribution in [0, 0.1) is 0 Å². The third-order valence-corrected chi connectivity index (χ3v) is 7.32. The Morgan fingerprint density at radius 3 is 2.84 bits per heavy atom. The minimum Gasteiger partial charge on any atom is -0.365 e. The minimum absolute atomic E-state index is 0.0443. The van der Waals surface area contributed by atoms with E-state index in [2.05, 4.69) is 16.9 Å². The first kappa shape index (κ1) is 21.3. The second-order valence-electron chi connectivity index (χ2n) is 7.23. The Bertz CT molecular complexity index is 1250. The van der Waals surface area contributed by atoms with Crippen molar-refractivity contribution in [3.63, 3.8) is 0 Å². The van der Waals surface area contributed by atoms with Gasteiger partial charge in [-0.05, 0) is 43.4 Å². The lowest BCUT2D eigenvalue weighted by Crippen LogP contribution is -2.24. The fraction of sp³-hybridized carbons (Fsp3) is 0.273. The summed E-state index contributed by atoms with van der Waals surface area (Å²) in [6.45, 7) is 4.00. The van der Waals surface area contributed by atoms with Gasteiger partial charge in [-0.3, -0.25) is 19.0 Å². The van der Waals surface area contributed by atoms with Gasteiger partial charge in [-0.2, -0.15) is 0 Å².